The van der Waals surface area contributed by atoms with Crippen molar-refractivity contribution in [3.8, 4) is 0 Å². The maximum Gasteiger partial charge on any atom is 0.237 e. The number of likely N-dealkylation sites (tertiary alicyclic amines) is 1. The normalized spacial score (nSPS) is 15.7. The first-order chi connectivity index (χ1) is 13.9. The van der Waals surface area contributed by atoms with Crippen molar-refractivity contribution < 1.29 is 13.2 Å². The topological polar surface area (TPSA) is 67.3 Å². The lowest BCUT2D eigenvalue weighted by atomic mass is 9.97. The van der Waals surface area contributed by atoms with Gasteiger partial charge in [0, 0.05) is 23.5 Å². The summed E-state index contributed by atoms with van der Waals surface area (Å²) < 4.78 is 27.0. The molecular weight excluding hydrogens is 472 g/mol. The third kappa shape index (κ3) is 5.05. The van der Waals surface area contributed by atoms with E-state index in [0.29, 0.717) is 24.6 Å². The minimum absolute atomic E-state index is 0.125. The Hall–Kier alpha value is -1.77. The Labute approximate surface area is 182 Å². The first kappa shape index (κ1) is 20.5. The molecule has 3 aromatic rings. The van der Waals surface area contributed by atoms with Crippen molar-refractivity contribution >= 4 is 53.2 Å². The molecular formula is C21H21BrN2O3S2. The van der Waals surface area contributed by atoms with Crippen LogP contribution in [0.4, 0.5) is 0 Å². The molecule has 0 unspecified atom stereocenters. The van der Waals surface area contributed by atoms with Gasteiger partial charge >= 0.3 is 0 Å². The lowest BCUT2D eigenvalue weighted by Crippen LogP contribution is -2.41. The van der Waals surface area contributed by atoms with E-state index in [1.807, 2.05) is 24.3 Å². The van der Waals surface area contributed by atoms with Gasteiger partial charge in [0.2, 0.25) is 5.91 Å². The van der Waals surface area contributed by atoms with Crippen molar-refractivity contribution in [3.63, 3.8) is 0 Å². The number of nitrogens with zero attached hydrogens (tertiary/aromatic N) is 2. The van der Waals surface area contributed by atoms with Gasteiger partial charge in [0.25, 0.3) is 0 Å². The second-order valence-electron chi connectivity index (χ2n) is 7.34. The number of carbonyl (C=O) groups excluding carboxylic acids is 1. The Morgan fingerprint density at radius 1 is 1.14 bits per heavy atom. The summed E-state index contributed by atoms with van der Waals surface area (Å²) in [6.45, 7) is 1.15. The molecule has 2 heterocycles. The lowest BCUT2D eigenvalue weighted by Gasteiger charge is -2.31. The number of halogens is 1. The maximum atomic E-state index is 12.6. The molecule has 1 aliphatic rings. The van der Waals surface area contributed by atoms with E-state index in [2.05, 4.69) is 22.0 Å². The monoisotopic (exact) mass is 492 g/mol. The summed E-state index contributed by atoms with van der Waals surface area (Å²) in [4.78, 5) is 19.0. The molecule has 1 amide bonds. The number of aromatic nitrogens is 1. The molecule has 1 saturated heterocycles. The van der Waals surface area contributed by atoms with E-state index < -0.39 is 15.6 Å². The molecule has 1 fully saturated rings. The zero-order valence-electron chi connectivity index (χ0n) is 15.8. The molecule has 8 heteroatoms. The molecule has 5 nitrogen and oxygen atoms in total. The Kier molecular flexibility index (Phi) is 6.03. The highest BCUT2D eigenvalue weighted by Crippen LogP contribution is 2.33. The standard InChI is InChI=1S/C21H21BrN2O3S2/c22-17-5-3-4-15(12-17)13-29(26,27)14-20(25)24-10-8-16(9-11-24)21-23-18-6-1-2-7-19(18)28-21/h1-7,12,16H,8-11,13-14H2. The van der Waals surface area contributed by atoms with Crippen LogP contribution in [0.1, 0.15) is 29.3 Å². The second kappa shape index (κ2) is 8.53. The molecule has 0 N–H and O–H groups in total. The van der Waals surface area contributed by atoms with Crippen molar-refractivity contribution in [2.24, 2.45) is 0 Å². The van der Waals surface area contributed by atoms with Crippen LogP contribution in [0.2, 0.25) is 0 Å². The average Bonchev–Trinajstić information content (AvgIpc) is 3.11. The first-order valence-corrected chi connectivity index (χ1v) is 12.9. The molecule has 1 aliphatic heterocycles. The van der Waals surface area contributed by atoms with Crippen LogP contribution in [0.5, 0.6) is 0 Å². The summed E-state index contributed by atoms with van der Waals surface area (Å²) in [6, 6.07) is 15.3. The van der Waals surface area contributed by atoms with Crippen LogP contribution >= 0.6 is 27.3 Å². The number of sulfone groups is 1. The van der Waals surface area contributed by atoms with Crippen LogP contribution in [0.25, 0.3) is 10.2 Å². The minimum Gasteiger partial charge on any atom is -0.342 e. The van der Waals surface area contributed by atoms with Gasteiger partial charge in [-0.2, -0.15) is 0 Å². The summed E-state index contributed by atoms with van der Waals surface area (Å²) in [5, 5.41) is 1.11. The van der Waals surface area contributed by atoms with Crippen LogP contribution in [0, 0.1) is 0 Å². The van der Waals surface area contributed by atoms with Gasteiger partial charge in [0.05, 0.1) is 21.0 Å². The van der Waals surface area contributed by atoms with Crippen LogP contribution in [-0.2, 0) is 20.4 Å². The Balaban J connectivity index is 1.34. The SMILES string of the molecule is O=C(CS(=O)(=O)Cc1cccc(Br)c1)N1CCC(c2nc3ccccc3s2)CC1. The van der Waals surface area contributed by atoms with Crippen LogP contribution in [-0.4, -0.2) is 43.1 Å². The molecule has 0 aliphatic carbocycles. The first-order valence-electron chi connectivity index (χ1n) is 9.48. The van der Waals surface area contributed by atoms with Gasteiger partial charge in [-0.15, -0.1) is 11.3 Å². The van der Waals surface area contributed by atoms with E-state index in [4.69, 9.17) is 4.98 Å². The predicted octanol–water partition coefficient (Wildman–Crippen LogP) is 4.38. The fraction of sp³-hybridized carbons (Fsp3) is 0.333. The Morgan fingerprint density at radius 3 is 2.62 bits per heavy atom. The van der Waals surface area contributed by atoms with E-state index in [-0.39, 0.29) is 11.7 Å². The molecule has 0 bridgehead atoms. The van der Waals surface area contributed by atoms with Crippen LogP contribution in [0.3, 0.4) is 0 Å². The lowest BCUT2D eigenvalue weighted by molar-refractivity contribution is -0.129. The van der Waals surface area contributed by atoms with Crippen molar-refractivity contribution in [1.29, 1.82) is 0 Å². The van der Waals surface area contributed by atoms with Gasteiger partial charge in [0.1, 0.15) is 5.75 Å². The number of para-hydroxylation sites is 1. The number of hydrogen-bond acceptors (Lipinski definition) is 5. The van der Waals surface area contributed by atoms with Gasteiger partial charge in [-0.3, -0.25) is 4.79 Å². The van der Waals surface area contributed by atoms with Crippen molar-refractivity contribution in [1.82, 2.24) is 9.88 Å². The number of piperidine rings is 1. The molecule has 2 aromatic carbocycles. The summed E-state index contributed by atoms with van der Waals surface area (Å²) in [5.74, 6) is -0.538. The zero-order chi connectivity index (χ0) is 20.4. The number of thiazole rings is 1. The van der Waals surface area contributed by atoms with Crippen molar-refractivity contribution in [2.75, 3.05) is 18.8 Å². The Bertz CT molecular complexity index is 1100. The van der Waals surface area contributed by atoms with Crippen LogP contribution in [0.15, 0.2) is 53.0 Å². The number of benzene rings is 2. The number of amides is 1. The molecule has 152 valence electrons. The highest BCUT2D eigenvalue weighted by molar-refractivity contribution is 9.10. The maximum absolute atomic E-state index is 12.6. The summed E-state index contributed by atoms with van der Waals surface area (Å²) in [5.41, 5.74) is 1.70. The summed E-state index contributed by atoms with van der Waals surface area (Å²) in [7, 11) is -3.51. The quantitative estimate of drug-likeness (QED) is 0.529. The molecule has 1 aromatic heterocycles. The largest absolute Gasteiger partial charge is 0.342 e. The smallest absolute Gasteiger partial charge is 0.237 e. The number of hydrogen-bond donors (Lipinski definition) is 0. The number of fused-ring (bicyclic) bond motifs is 1. The molecule has 29 heavy (non-hydrogen) atoms. The van der Waals surface area contributed by atoms with Gasteiger partial charge in [-0.25, -0.2) is 13.4 Å². The van der Waals surface area contributed by atoms with Crippen molar-refractivity contribution in [2.45, 2.75) is 24.5 Å². The van der Waals surface area contributed by atoms with Gasteiger partial charge in [-0.1, -0.05) is 40.2 Å². The summed E-state index contributed by atoms with van der Waals surface area (Å²) in [6.07, 6.45) is 1.63. The predicted molar refractivity (Wildman–Crippen MR) is 120 cm³/mol. The summed E-state index contributed by atoms with van der Waals surface area (Å²) >= 11 is 5.06. The molecule has 0 saturated carbocycles. The fourth-order valence-electron chi connectivity index (χ4n) is 3.65. The molecule has 0 radical (unpaired) electrons. The number of rotatable bonds is 5. The molecule has 0 atom stereocenters. The van der Waals surface area contributed by atoms with E-state index >= 15 is 0 Å². The molecule has 4 rings (SSSR count). The minimum atomic E-state index is -3.51. The average molecular weight is 493 g/mol. The van der Waals surface area contributed by atoms with E-state index in [0.717, 1.165) is 27.8 Å². The Morgan fingerprint density at radius 2 is 1.90 bits per heavy atom. The number of carbonyl (C=O) groups is 1. The van der Waals surface area contributed by atoms with E-state index in [1.165, 1.54) is 4.70 Å². The van der Waals surface area contributed by atoms with Crippen LogP contribution < -0.4 is 0 Å². The van der Waals surface area contributed by atoms with E-state index in [1.54, 1.807) is 34.4 Å². The zero-order valence-corrected chi connectivity index (χ0v) is 19.0. The third-order valence-electron chi connectivity index (χ3n) is 5.13. The van der Waals surface area contributed by atoms with Crippen molar-refractivity contribution in [3.05, 3.63) is 63.6 Å². The highest BCUT2D eigenvalue weighted by atomic mass is 79.9. The second-order valence-corrected chi connectivity index (χ2v) is 11.4. The molecule has 0 spiro atoms. The van der Waals surface area contributed by atoms with Gasteiger partial charge in [-0.05, 0) is 42.7 Å². The van der Waals surface area contributed by atoms with Gasteiger partial charge in [0.15, 0.2) is 9.84 Å². The highest BCUT2D eigenvalue weighted by Gasteiger charge is 2.28. The van der Waals surface area contributed by atoms with E-state index in [9.17, 15) is 13.2 Å². The van der Waals surface area contributed by atoms with Gasteiger partial charge < -0.3 is 4.90 Å². The third-order valence-corrected chi connectivity index (χ3v) is 8.28. The fourth-order valence-corrected chi connectivity index (χ4v) is 6.58.